The molecule has 0 heterocycles. The number of aryl methyl sites for hydroxylation is 1. The summed E-state index contributed by atoms with van der Waals surface area (Å²) in [6, 6.07) is 11.1. The Bertz CT molecular complexity index is 704. The molecule has 0 amide bonds. The molecule has 2 aromatic rings. The lowest BCUT2D eigenvalue weighted by molar-refractivity contribution is -0.384. The van der Waals surface area contributed by atoms with Crippen molar-refractivity contribution in [2.24, 2.45) is 0 Å². The smallest absolute Gasteiger partial charge is 0.271 e. The maximum Gasteiger partial charge on any atom is 0.271 e. The van der Waals surface area contributed by atoms with Crippen LogP contribution in [0.2, 0.25) is 0 Å². The van der Waals surface area contributed by atoms with E-state index in [0.29, 0.717) is 11.4 Å². The largest absolute Gasteiger partial charge is 0.506 e. The molecule has 0 unspecified atom stereocenters. The first kappa shape index (κ1) is 14.7. The average molecular weight is 303 g/mol. The molecule has 0 saturated heterocycles. The standard InChI is InChI=1S/C14H13N3O3S/c1-9-5-6-12(13(18)7-9)16-14(21)15-10-3-2-4-11(8-10)17(19)20/h2-8,18H,1H3,(H2,15,16,21). The SMILES string of the molecule is Cc1ccc(NC(=S)Nc2cccc([N+](=O)[O-])c2)c(O)c1. The molecule has 108 valence electrons. The number of hydrogen-bond donors (Lipinski definition) is 3. The fraction of sp³-hybridized carbons (Fsp3) is 0.0714. The first-order valence-corrected chi connectivity index (χ1v) is 6.48. The van der Waals surface area contributed by atoms with Crippen LogP contribution in [0.25, 0.3) is 0 Å². The normalized spacial score (nSPS) is 9.95. The van der Waals surface area contributed by atoms with Crippen molar-refractivity contribution in [2.45, 2.75) is 6.92 Å². The van der Waals surface area contributed by atoms with E-state index in [1.54, 1.807) is 24.3 Å². The molecule has 6 nitrogen and oxygen atoms in total. The second kappa shape index (κ2) is 6.19. The highest BCUT2D eigenvalue weighted by Crippen LogP contribution is 2.24. The van der Waals surface area contributed by atoms with Crippen molar-refractivity contribution in [3.63, 3.8) is 0 Å². The van der Waals surface area contributed by atoms with Crippen LogP contribution in [-0.4, -0.2) is 15.1 Å². The van der Waals surface area contributed by atoms with Gasteiger partial charge in [0.25, 0.3) is 5.69 Å². The number of aromatic hydroxyl groups is 1. The summed E-state index contributed by atoms with van der Waals surface area (Å²) in [6.45, 7) is 1.86. The number of non-ortho nitro benzene ring substituents is 1. The van der Waals surface area contributed by atoms with Crippen molar-refractivity contribution < 1.29 is 10.0 Å². The summed E-state index contributed by atoms with van der Waals surface area (Å²) in [7, 11) is 0. The Hall–Kier alpha value is -2.67. The molecule has 7 heteroatoms. The van der Waals surface area contributed by atoms with Crippen molar-refractivity contribution >= 4 is 34.4 Å². The molecule has 0 aliphatic heterocycles. The quantitative estimate of drug-likeness (QED) is 0.348. The van der Waals surface area contributed by atoms with Crippen molar-refractivity contribution in [3.05, 3.63) is 58.1 Å². The Morgan fingerprint density at radius 2 is 2.00 bits per heavy atom. The van der Waals surface area contributed by atoms with E-state index < -0.39 is 4.92 Å². The molecule has 0 bridgehead atoms. The summed E-state index contributed by atoms with van der Waals surface area (Å²) in [5.74, 6) is 0.0817. The monoisotopic (exact) mass is 303 g/mol. The van der Waals surface area contributed by atoms with Gasteiger partial charge in [-0.1, -0.05) is 12.1 Å². The van der Waals surface area contributed by atoms with Crippen LogP contribution in [0.5, 0.6) is 5.75 Å². The van der Waals surface area contributed by atoms with E-state index in [9.17, 15) is 15.2 Å². The number of nitro groups is 1. The average Bonchev–Trinajstić information content (AvgIpc) is 2.42. The Balaban J connectivity index is 2.08. The molecular formula is C14H13N3O3S. The molecule has 0 spiro atoms. The number of benzene rings is 2. The summed E-state index contributed by atoms with van der Waals surface area (Å²) < 4.78 is 0. The second-order valence-electron chi connectivity index (χ2n) is 4.41. The lowest BCUT2D eigenvalue weighted by Crippen LogP contribution is -2.19. The molecule has 0 atom stereocenters. The zero-order valence-corrected chi connectivity index (χ0v) is 12.0. The lowest BCUT2D eigenvalue weighted by atomic mass is 10.2. The molecule has 0 radical (unpaired) electrons. The summed E-state index contributed by atoms with van der Waals surface area (Å²) >= 11 is 5.12. The topological polar surface area (TPSA) is 87.4 Å². The summed E-state index contributed by atoms with van der Waals surface area (Å²) in [5, 5.41) is 26.4. The molecule has 2 rings (SSSR count). The van der Waals surface area contributed by atoms with Gasteiger partial charge in [-0.15, -0.1) is 0 Å². The van der Waals surface area contributed by atoms with E-state index in [2.05, 4.69) is 10.6 Å². The number of thiocarbonyl (C=S) groups is 1. The van der Waals surface area contributed by atoms with E-state index >= 15 is 0 Å². The predicted molar refractivity (Wildman–Crippen MR) is 85.8 cm³/mol. The van der Waals surface area contributed by atoms with Crippen molar-refractivity contribution in [3.8, 4) is 5.75 Å². The van der Waals surface area contributed by atoms with Crippen LogP contribution in [-0.2, 0) is 0 Å². The van der Waals surface area contributed by atoms with Crippen molar-refractivity contribution in [2.75, 3.05) is 10.6 Å². The number of anilines is 2. The molecule has 0 aliphatic rings. The van der Waals surface area contributed by atoms with E-state index in [0.717, 1.165) is 5.56 Å². The number of hydrogen-bond acceptors (Lipinski definition) is 4. The lowest BCUT2D eigenvalue weighted by Gasteiger charge is -2.12. The number of phenolic OH excluding ortho intramolecular Hbond substituents is 1. The van der Waals surface area contributed by atoms with Gasteiger partial charge in [-0.3, -0.25) is 10.1 Å². The fourth-order valence-corrected chi connectivity index (χ4v) is 1.96. The van der Waals surface area contributed by atoms with Crippen LogP contribution < -0.4 is 10.6 Å². The highest BCUT2D eigenvalue weighted by Gasteiger charge is 2.08. The van der Waals surface area contributed by atoms with E-state index in [4.69, 9.17) is 12.2 Å². The summed E-state index contributed by atoms with van der Waals surface area (Å²) in [6.07, 6.45) is 0. The Morgan fingerprint density at radius 1 is 1.24 bits per heavy atom. The first-order chi connectivity index (χ1) is 9.95. The van der Waals surface area contributed by atoms with E-state index in [1.165, 1.54) is 12.1 Å². The van der Waals surface area contributed by atoms with Crippen LogP contribution in [0.4, 0.5) is 17.1 Å². The van der Waals surface area contributed by atoms with Gasteiger partial charge in [0, 0.05) is 17.8 Å². The number of rotatable bonds is 3. The molecule has 21 heavy (non-hydrogen) atoms. The van der Waals surface area contributed by atoms with E-state index in [1.807, 2.05) is 13.0 Å². The number of nitrogens with zero attached hydrogens (tertiary/aromatic N) is 1. The van der Waals surface area contributed by atoms with Gasteiger partial charge in [-0.2, -0.15) is 0 Å². The van der Waals surface area contributed by atoms with Gasteiger partial charge in [0.2, 0.25) is 0 Å². The zero-order valence-electron chi connectivity index (χ0n) is 11.2. The fourth-order valence-electron chi connectivity index (χ4n) is 1.73. The minimum absolute atomic E-state index is 0.0269. The molecule has 2 aromatic carbocycles. The molecule has 3 N–H and O–H groups in total. The number of nitro benzene ring substituents is 1. The molecule has 0 saturated carbocycles. The second-order valence-corrected chi connectivity index (χ2v) is 4.82. The van der Waals surface area contributed by atoms with Crippen molar-refractivity contribution in [1.29, 1.82) is 0 Å². The minimum atomic E-state index is -0.479. The third-order valence-corrected chi connectivity index (χ3v) is 2.92. The van der Waals surface area contributed by atoms with Gasteiger partial charge < -0.3 is 15.7 Å². The maximum absolute atomic E-state index is 10.7. The van der Waals surface area contributed by atoms with Crippen LogP contribution in [0.15, 0.2) is 42.5 Å². The first-order valence-electron chi connectivity index (χ1n) is 6.08. The van der Waals surface area contributed by atoms with E-state index in [-0.39, 0.29) is 16.5 Å². The van der Waals surface area contributed by atoms with Gasteiger partial charge >= 0.3 is 0 Å². The number of phenols is 1. The highest BCUT2D eigenvalue weighted by atomic mass is 32.1. The highest BCUT2D eigenvalue weighted by molar-refractivity contribution is 7.80. The summed E-state index contributed by atoms with van der Waals surface area (Å²) in [4.78, 5) is 10.2. The minimum Gasteiger partial charge on any atom is -0.506 e. The van der Waals surface area contributed by atoms with Crippen LogP contribution in [0.3, 0.4) is 0 Å². The Kier molecular flexibility index (Phi) is 4.34. The summed E-state index contributed by atoms with van der Waals surface area (Å²) in [5.41, 5.74) is 1.86. The van der Waals surface area contributed by atoms with Gasteiger partial charge in [0.1, 0.15) is 5.75 Å². The maximum atomic E-state index is 10.7. The van der Waals surface area contributed by atoms with Crippen LogP contribution in [0, 0.1) is 17.0 Å². The van der Waals surface area contributed by atoms with Gasteiger partial charge in [-0.25, -0.2) is 0 Å². The third kappa shape index (κ3) is 3.90. The van der Waals surface area contributed by atoms with Gasteiger partial charge in [0.15, 0.2) is 5.11 Å². The van der Waals surface area contributed by atoms with Crippen LogP contribution >= 0.6 is 12.2 Å². The predicted octanol–water partition coefficient (Wildman–Crippen LogP) is 3.42. The van der Waals surface area contributed by atoms with Crippen molar-refractivity contribution in [1.82, 2.24) is 0 Å². The Labute approximate surface area is 126 Å². The third-order valence-electron chi connectivity index (χ3n) is 2.72. The van der Waals surface area contributed by atoms with Gasteiger partial charge in [-0.05, 0) is 42.9 Å². The molecule has 0 aliphatic carbocycles. The molecule has 0 aromatic heterocycles. The molecular weight excluding hydrogens is 290 g/mol. The zero-order chi connectivity index (χ0) is 15.4. The Morgan fingerprint density at radius 3 is 2.67 bits per heavy atom. The van der Waals surface area contributed by atoms with Crippen LogP contribution in [0.1, 0.15) is 5.56 Å². The molecule has 0 fully saturated rings. The van der Waals surface area contributed by atoms with Gasteiger partial charge in [0.05, 0.1) is 10.6 Å². The number of nitrogens with one attached hydrogen (secondary N) is 2.